The van der Waals surface area contributed by atoms with E-state index in [0.29, 0.717) is 5.69 Å². The van der Waals surface area contributed by atoms with Gasteiger partial charge in [-0.25, -0.2) is 8.78 Å². The predicted molar refractivity (Wildman–Crippen MR) is 68.4 cm³/mol. The zero-order chi connectivity index (χ0) is 14.2. The van der Waals surface area contributed by atoms with Crippen LogP contribution in [0.2, 0.25) is 0 Å². The van der Waals surface area contributed by atoms with Crippen LogP contribution in [0.3, 0.4) is 0 Å². The molecule has 2 aromatic rings. The number of carbonyl (C=O) groups excluding carboxylic acids is 1. The van der Waals surface area contributed by atoms with E-state index in [4.69, 9.17) is 0 Å². The van der Waals surface area contributed by atoms with Crippen molar-refractivity contribution in [2.75, 3.05) is 0 Å². The van der Waals surface area contributed by atoms with Crippen LogP contribution >= 0.6 is 11.5 Å². The van der Waals surface area contributed by atoms with Crippen molar-refractivity contribution in [3.8, 4) is 0 Å². The van der Waals surface area contributed by atoms with Crippen LogP contribution in [0.4, 0.5) is 8.78 Å². The van der Waals surface area contributed by atoms with Gasteiger partial charge in [-0.15, -0.1) is 5.10 Å². The standard InChI is InChI=1S/C13H12F2N2OS/c1-13(2,3)12-11(19-17-16-12)10(18)7-5-4-6-8(14)9(7)15/h4-6H,1-3H3. The SMILES string of the molecule is CC(C)(C)c1nnsc1C(=O)c1cccc(F)c1F. The van der Waals surface area contributed by atoms with Crippen LogP contribution in [-0.4, -0.2) is 15.4 Å². The maximum absolute atomic E-state index is 13.6. The second kappa shape index (κ2) is 4.77. The smallest absolute Gasteiger partial charge is 0.209 e. The Hall–Kier alpha value is -1.69. The predicted octanol–water partition coefficient (Wildman–Crippen LogP) is 3.34. The van der Waals surface area contributed by atoms with Crippen LogP contribution in [0.1, 0.15) is 41.7 Å². The fourth-order valence-electron chi connectivity index (χ4n) is 1.63. The van der Waals surface area contributed by atoms with Crippen molar-refractivity contribution in [2.24, 2.45) is 0 Å². The Bertz CT molecular complexity index is 632. The molecule has 1 heterocycles. The number of benzene rings is 1. The van der Waals surface area contributed by atoms with Crippen LogP contribution in [0.15, 0.2) is 18.2 Å². The second-order valence-corrected chi connectivity index (χ2v) is 5.89. The Kier molecular flexibility index (Phi) is 3.45. The zero-order valence-electron chi connectivity index (χ0n) is 10.7. The van der Waals surface area contributed by atoms with Crippen molar-refractivity contribution >= 4 is 17.3 Å². The fraction of sp³-hybridized carbons (Fsp3) is 0.308. The van der Waals surface area contributed by atoms with E-state index >= 15 is 0 Å². The maximum Gasteiger partial charge on any atom is 0.209 e. The van der Waals surface area contributed by atoms with Gasteiger partial charge < -0.3 is 0 Å². The fourth-order valence-corrected chi connectivity index (χ4v) is 2.46. The molecule has 0 bridgehead atoms. The normalized spacial score (nSPS) is 11.6. The van der Waals surface area contributed by atoms with Gasteiger partial charge in [0.25, 0.3) is 0 Å². The molecule has 2 rings (SSSR count). The maximum atomic E-state index is 13.6. The van der Waals surface area contributed by atoms with Gasteiger partial charge in [0.1, 0.15) is 4.88 Å². The van der Waals surface area contributed by atoms with Crippen LogP contribution < -0.4 is 0 Å². The summed E-state index contributed by atoms with van der Waals surface area (Å²) in [5.41, 5.74) is -0.190. The van der Waals surface area contributed by atoms with Gasteiger partial charge in [0, 0.05) is 5.41 Å². The molecule has 1 aromatic heterocycles. The summed E-state index contributed by atoms with van der Waals surface area (Å²) in [6.45, 7) is 5.63. The summed E-state index contributed by atoms with van der Waals surface area (Å²) < 4.78 is 30.5. The van der Waals surface area contributed by atoms with Gasteiger partial charge >= 0.3 is 0 Å². The lowest BCUT2D eigenvalue weighted by molar-refractivity contribution is 0.103. The number of nitrogens with zero attached hydrogens (tertiary/aromatic N) is 2. The Morgan fingerprint density at radius 1 is 1.26 bits per heavy atom. The number of hydrogen-bond donors (Lipinski definition) is 0. The van der Waals surface area contributed by atoms with Gasteiger partial charge in [-0.2, -0.15) is 0 Å². The topological polar surface area (TPSA) is 42.9 Å². The molecule has 1 aromatic carbocycles. The molecular formula is C13H12F2N2OS. The third kappa shape index (κ3) is 2.53. The second-order valence-electron chi connectivity index (χ2n) is 5.13. The van der Waals surface area contributed by atoms with Crippen molar-refractivity contribution in [1.29, 1.82) is 0 Å². The molecule has 0 fully saturated rings. The Balaban J connectivity index is 2.52. The minimum absolute atomic E-state index is 0.247. The van der Waals surface area contributed by atoms with Crippen LogP contribution in [0.25, 0.3) is 0 Å². The molecule has 0 unspecified atom stereocenters. The largest absolute Gasteiger partial charge is 0.287 e. The average molecular weight is 282 g/mol. The minimum Gasteiger partial charge on any atom is -0.287 e. The quantitative estimate of drug-likeness (QED) is 0.793. The van der Waals surface area contributed by atoms with E-state index < -0.39 is 17.4 Å². The summed E-state index contributed by atoms with van der Waals surface area (Å²) in [6.07, 6.45) is 0. The highest BCUT2D eigenvalue weighted by atomic mass is 32.1. The van der Waals surface area contributed by atoms with Gasteiger partial charge in [0.15, 0.2) is 11.6 Å². The summed E-state index contributed by atoms with van der Waals surface area (Å²) in [6, 6.07) is 3.53. The van der Waals surface area contributed by atoms with Gasteiger partial charge in [-0.3, -0.25) is 4.79 Å². The molecular weight excluding hydrogens is 270 g/mol. The van der Waals surface area contributed by atoms with Gasteiger partial charge in [0.2, 0.25) is 5.78 Å². The van der Waals surface area contributed by atoms with Crippen LogP contribution in [0.5, 0.6) is 0 Å². The molecule has 3 nitrogen and oxygen atoms in total. The first-order chi connectivity index (χ1) is 8.82. The molecule has 0 aliphatic carbocycles. The zero-order valence-corrected chi connectivity index (χ0v) is 11.5. The summed E-state index contributed by atoms with van der Waals surface area (Å²) >= 11 is 0.894. The molecule has 19 heavy (non-hydrogen) atoms. The van der Waals surface area contributed by atoms with Gasteiger partial charge in [-0.1, -0.05) is 31.3 Å². The summed E-state index contributed by atoms with van der Waals surface area (Å²) in [5, 5.41) is 3.92. The lowest BCUT2D eigenvalue weighted by Gasteiger charge is -2.16. The summed E-state index contributed by atoms with van der Waals surface area (Å²) in [4.78, 5) is 12.5. The highest BCUT2D eigenvalue weighted by molar-refractivity contribution is 7.08. The Morgan fingerprint density at radius 3 is 2.58 bits per heavy atom. The van der Waals surface area contributed by atoms with Crippen LogP contribution in [-0.2, 0) is 5.41 Å². The van der Waals surface area contributed by atoms with Crippen molar-refractivity contribution in [3.05, 3.63) is 46.0 Å². The molecule has 0 saturated carbocycles. The first kappa shape index (κ1) is 13.7. The molecule has 0 N–H and O–H groups in total. The number of rotatable bonds is 2. The summed E-state index contributed by atoms with van der Waals surface area (Å²) in [7, 11) is 0. The van der Waals surface area contributed by atoms with Crippen molar-refractivity contribution in [2.45, 2.75) is 26.2 Å². The Morgan fingerprint density at radius 2 is 1.95 bits per heavy atom. The first-order valence-electron chi connectivity index (χ1n) is 5.64. The highest BCUT2D eigenvalue weighted by Gasteiger charge is 2.28. The van der Waals surface area contributed by atoms with E-state index in [9.17, 15) is 13.6 Å². The molecule has 0 radical (unpaired) electrons. The third-order valence-corrected chi connectivity index (χ3v) is 3.33. The molecule has 100 valence electrons. The number of hydrogen-bond acceptors (Lipinski definition) is 4. The van der Waals surface area contributed by atoms with E-state index in [1.807, 2.05) is 20.8 Å². The van der Waals surface area contributed by atoms with Crippen molar-refractivity contribution in [1.82, 2.24) is 9.59 Å². The number of ketones is 1. The Labute approximate surface area is 113 Å². The van der Waals surface area contributed by atoms with Crippen LogP contribution in [0, 0.1) is 11.6 Å². The van der Waals surface area contributed by atoms with E-state index in [0.717, 1.165) is 17.6 Å². The van der Waals surface area contributed by atoms with Gasteiger partial charge in [0.05, 0.1) is 11.3 Å². The van der Waals surface area contributed by atoms with Crippen molar-refractivity contribution in [3.63, 3.8) is 0 Å². The highest BCUT2D eigenvalue weighted by Crippen LogP contribution is 2.28. The molecule has 0 atom stereocenters. The first-order valence-corrected chi connectivity index (χ1v) is 6.41. The lowest BCUT2D eigenvalue weighted by Crippen LogP contribution is -2.17. The summed E-state index contributed by atoms with van der Waals surface area (Å²) in [5.74, 6) is -2.77. The minimum atomic E-state index is -1.14. The average Bonchev–Trinajstić information content (AvgIpc) is 2.80. The molecule has 0 aliphatic heterocycles. The van der Waals surface area contributed by atoms with E-state index in [2.05, 4.69) is 9.59 Å². The molecule has 0 spiro atoms. The number of aromatic nitrogens is 2. The van der Waals surface area contributed by atoms with E-state index in [-0.39, 0.29) is 15.9 Å². The number of carbonyl (C=O) groups is 1. The lowest BCUT2D eigenvalue weighted by atomic mass is 9.90. The van der Waals surface area contributed by atoms with Gasteiger partial charge in [-0.05, 0) is 23.7 Å². The van der Waals surface area contributed by atoms with Crippen molar-refractivity contribution < 1.29 is 13.6 Å². The molecule has 0 amide bonds. The van der Waals surface area contributed by atoms with E-state index in [1.54, 1.807) is 0 Å². The third-order valence-electron chi connectivity index (χ3n) is 2.60. The number of halogens is 2. The monoisotopic (exact) mass is 282 g/mol. The molecule has 6 heteroatoms. The molecule has 0 saturated heterocycles. The van der Waals surface area contributed by atoms with E-state index in [1.165, 1.54) is 12.1 Å². The molecule has 0 aliphatic rings.